The molecular formula is C22H25N7O. The Morgan fingerprint density at radius 3 is 2.33 bits per heavy atom. The van der Waals surface area contributed by atoms with Crippen molar-refractivity contribution in [2.75, 3.05) is 54.1 Å². The first kappa shape index (κ1) is 19.5. The molecule has 0 radical (unpaired) electrons. The predicted molar refractivity (Wildman–Crippen MR) is 121 cm³/mol. The van der Waals surface area contributed by atoms with Crippen LogP contribution in [-0.2, 0) is 0 Å². The van der Waals surface area contributed by atoms with Crippen LogP contribution in [0, 0.1) is 0 Å². The molecule has 1 aromatic heterocycles. The maximum atomic E-state index is 12.5. The van der Waals surface area contributed by atoms with Crippen LogP contribution in [0.2, 0.25) is 0 Å². The molecule has 1 aliphatic rings. The molecule has 1 fully saturated rings. The molecule has 2 heterocycles. The number of piperazine rings is 1. The van der Waals surface area contributed by atoms with E-state index < -0.39 is 0 Å². The van der Waals surface area contributed by atoms with Gasteiger partial charge in [0.25, 0.3) is 0 Å². The highest BCUT2D eigenvalue weighted by molar-refractivity contribution is 5.89. The average molecular weight is 403 g/mol. The minimum atomic E-state index is -0.0745. The molecule has 0 atom stereocenters. The van der Waals surface area contributed by atoms with Crippen molar-refractivity contribution in [1.29, 1.82) is 0 Å². The third-order valence-corrected chi connectivity index (χ3v) is 5.00. The van der Waals surface area contributed by atoms with Gasteiger partial charge in [0.15, 0.2) is 0 Å². The first-order valence-electron chi connectivity index (χ1n) is 9.96. The van der Waals surface area contributed by atoms with E-state index in [1.807, 2.05) is 72.6 Å². The number of carbonyl (C=O) groups is 1. The molecule has 3 N–H and O–H groups in total. The summed E-state index contributed by atoms with van der Waals surface area (Å²) in [5.41, 5.74) is 2.70. The second-order valence-corrected chi connectivity index (χ2v) is 6.93. The van der Waals surface area contributed by atoms with Crippen LogP contribution in [0.4, 0.5) is 33.6 Å². The summed E-state index contributed by atoms with van der Waals surface area (Å²) in [6.07, 6.45) is 1.75. The molecule has 0 aliphatic carbocycles. The molecule has 8 heteroatoms. The van der Waals surface area contributed by atoms with Crippen LogP contribution in [-0.4, -0.2) is 54.1 Å². The number of aromatic nitrogens is 2. The summed E-state index contributed by atoms with van der Waals surface area (Å²) in [6, 6.07) is 19.2. The van der Waals surface area contributed by atoms with Gasteiger partial charge in [-0.15, -0.1) is 0 Å². The third-order valence-electron chi connectivity index (χ3n) is 5.00. The van der Waals surface area contributed by atoms with Gasteiger partial charge in [-0.3, -0.25) is 0 Å². The van der Waals surface area contributed by atoms with Crippen LogP contribution in [0.5, 0.6) is 0 Å². The molecule has 2 aromatic carbocycles. The van der Waals surface area contributed by atoms with Crippen LogP contribution in [0.15, 0.2) is 66.9 Å². The number of benzene rings is 2. The van der Waals surface area contributed by atoms with Crippen molar-refractivity contribution in [3.05, 3.63) is 66.9 Å². The van der Waals surface area contributed by atoms with Gasteiger partial charge in [-0.05, 0) is 30.3 Å². The van der Waals surface area contributed by atoms with Crippen LogP contribution in [0.25, 0.3) is 0 Å². The van der Waals surface area contributed by atoms with Gasteiger partial charge in [0.1, 0.15) is 5.82 Å². The fourth-order valence-corrected chi connectivity index (χ4v) is 3.38. The first-order chi connectivity index (χ1) is 14.7. The number of hydrogen-bond acceptors (Lipinski definition) is 6. The van der Waals surface area contributed by atoms with Gasteiger partial charge in [0.2, 0.25) is 5.95 Å². The molecule has 1 saturated heterocycles. The van der Waals surface area contributed by atoms with Gasteiger partial charge in [-0.25, -0.2) is 9.78 Å². The Hall–Kier alpha value is -3.81. The molecular weight excluding hydrogens is 378 g/mol. The van der Waals surface area contributed by atoms with Crippen molar-refractivity contribution in [2.45, 2.75) is 0 Å². The lowest BCUT2D eigenvalue weighted by Crippen LogP contribution is -2.50. The normalized spacial score (nSPS) is 13.6. The van der Waals surface area contributed by atoms with E-state index >= 15 is 0 Å². The third kappa shape index (κ3) is 4.60. The van der Waals surface area contributed by atoms with E-state index in [4.69, 9.17) is 0 Å². The number of rotatable bonds is 5. The zero-order chi connectivity index (χ0) is 20.8. The molecule has 30 heavy (non-hydrogen) atoms. The number of amides is 2. The quantitative estimate of drug-likeness (QED) is 0.603. The largest absolute Gasteiger partial charge is 0.386 e. The summed E-state index contributed by atoms with van der Waals surface area (Å²) in [4.78, 5) is 25.5. The fraction of sp³-hybridized carbons (Fsp3) is 0.227. The summed E-state index contributed by atoms with van der Waals surface area (Å²) in [5.74, 6) is 1.39. The fourth-order valence-electron chi connectivity index (χ4n) is 3.38. The number of para-hydroxylation sites is 3. The Balaban J connectivity index is 1.37. The van der Waals surface area contributed by atoms with Crippen LogP contribution < -0.4 is 20.9 Å². The summed E-state index contributed by atoms with van der Waals surface area (Å²) in [5, 5.41) is 9.37. The molecule has 154 valence electrons. The van der Waals surface area contributed by atoms with E-state index in [9.17, 15) is 4.79 Å². The zero-order valence-corrected chi connectivity index (χ0v) is 16.9. The molecule has 4 rings (SSSR count). The number of carbonyl (C=O) groups excluding carboxylic acids is 1. The number of nitrogens with zero attached hydrogens (tertiary/aromatic N) is 4. The van der Waals surface area contributed by atoms with E-state index in [1.54, 1.807) is 6.20 Å². The van der Waals surface area contributed by atoms with Crippen LogP contribution >= 0.6 is 0 Å². The number of hydrogen-bond donors (Lipinski definition) is 3. The minimum absolute atomic E-state index is 0.0745. The zero-order valence-electron chi connectivity index (χ0n) is 16.9. The average Bonchev–Trinajstić information content (AvgIpc) is 2.80. The topological polar surface area (TPSA) is 85.4 Å². The van der Waals surface area contributed by atoms with Gasteiger partial charge in [0, 0.05) is 45.1 Å². The van der Waals surface area contributed by atoms with Crippen LogP contribution in [0.1, 0.15) is 0 Å². The van der Waals surface area contributed by atoms with Gasteiger partial charge >= 0.3 is 6.03 Å². The lowest BCUT2D eigenvalue weighted by Gasteiger charge is -2.35. The molecule has 0 bridgehead atoms. The molecule has 2 amide bonds. The summed E-state index contributed by atoms with van der Waals surface area (Å²) in [7, 11) is 1.88. The lowest BCUT2D eigenvalue weighted by atomic mass is 10.2. The summed E-state index contributed by atoms with van der Waals surface area (Å²) in [6.45, 7) is 2.69. The van der Waals surface area contributed by atoms with Gasteiger partial charge in [-0.1, -0.05) is 30.3 Å². The van der Waals surface area contributed by atoms with E-state index in [1.165, 1.54) is 0 Å². The maximum Gasteiger partial charge on any atom is 0.321 e. The second kappa shape index (κ2) is 9.13. The Kier molecular flexibility index (Phi) is 5.93. The monoisotopic (exact) mass is 403 g/mol. The Morgan fingerprint density at radius 1 is 0.900 bits per heavy atom. The van der Waals surface area contributed by atoms with Gasteiger partial charge < -0.3 is 25.8 Å². The molecule has 0 saturated carbocycles. The van der Waals surface area contributed by atoms with E-state index in [2.05, 4.69) is 30.8 Å². The van der Waals surface area contributed by atoms with Crippen molar-refractivity contribution in [3.8, 4) is 0 Å². The van der Waals surface area contributed by atoms with Crippen molar-refractivity contribution in [2.24, 2.45) is 0 Å². The Labute approximate surface area is 175 Å². The highest BCUT2D eigenvalue weighted by atomic mass is 16.2. The van der Waals surface area contributed by atoms with Crippen molar-refractivity contribution < 1.29 is 4.79 Å². The SMILES string of the molecule is CNc1ccccc1Nc1nccc(N2CCN(C(=O)Nc3ccccc3)CC2)n1. The maximum absolute atomic E-state index is 12.5. The lowest BCUT2D eigenvalue weighted by molar-refractivity contribution is 0.208. The number of urea groups is 1. The molecule has 0 spiro atoms. The van der Waals surface area contributed by atoms with Gasteiger partial charge in [-0.2, -0.15) is 4.98 Å². The van der Waals surface area contributed by atoms with Crippen LogP contribution in [0.3, 0.4) is 0 Å². The Morgan fingerprint density at radius 2 is 1.60 bits per heavy atom. The first-order valence-corrected chi connectivity index (χ1v) is 9.96. The number of nitrogens with one attached hydrogen (secondary N) is 3. The summed E-state index contributed by atoms with van der Waals surface area (Å²) < 4.78 is 0. The standard InChI is InChI=1S/C22H25N7O/c1-23-18-9-5-6-10-19(18)26-21-24-12-11-20(27-21)28-13-15-29(16-14-28)22(30)25-17-7-3-2-4-8-17/h2-12,23H,13-16H2,1H3,(H,25,30)(H,24,26,27). The molecule has 3 aromatic rings. The highest BCUT2D eigenvalue weighted by Gasteiger charge is 2.22. The summed E-state index contributed by atoms with van der Waals surface area (Å²) >= 11 is 0. The predicted octanol–water partition coefficient (Wildman–Crippen LogP) is 3.62. The second-order valence-electron chi connectivity index (χ2n) is 6.93. The van der Waals surface area contributed by atoms with E-state index in [-0.39, 0.29) is 6.03 Å². The smallest absolute Gasteiger partial charge is 0.321 e. The van der Waals surface area contributed by atoms with Crippen molar-refractivity contribution in [1.82, 2.24) is 14.9 Å². The molecule has 0 unspecified atom stereocenters. The van der Waals surface area contributed by atoms with Gasteiger partial charge in [0.05, 0.1) is 11.4 Å². The molecule has 1 aliphatic heterocycles. The highest BCUT2D eigenvalue weighted by Crippen LogP contribution is 2.24. The van der Waals surface area contributed by atoms with Crippen molar-refractivity contribution in [3.63, 3.8) is 0 Å². The van der Waals surface area contributed by atoms with Crippen molar-refractivity contribution >= 4 is 34.9 Å². The minimum Gasteiger partial charge on any atom is -0.386 e. The Bertz CT molecular complexity index is 988. The number of anilines is 5. The van der Waals surface area contributed by atoms with E-state index in [0.717, 1.165) is 22.9 Å². The molecule has 8 nitrogen and oxygen atoms in total. The van der Waals surface area contributed by atoms with E-state index in [0.29, 0.717) is 32.1 Å².